The van der Waals surface area contributed by atoms with Gasteiger partial charge in [0.25, 0.3) is 0 Å². The van der Waals surface area contributed by atoms with E-state index >= 15 is 0 Å². The molecule has 2 N–H and O–H groups in total. The average molecular weight is 362 g/mol. The second-order valence-electron chi connectivity index (χ2n) is 6.16. The number of ether oxygens (including phenoxy) is 1. The summed E-state index contributed by atoms with van der Waals surface area (Å²) in [7, 11) is 1.36. The number of carbonyl (C=O) groups excluding carboxylic acids is 1. The predicted molar refractivity (Wildman–Crippen MR) is 106 cm³/mol. The third-order valence-electron chi connectivity index (χ3n) is 4.12. The maximum atomic E-state index is 11.7. The summed E-state index contributed by atoms with van der Waals surface area (Å²) in [5.41, 5.74) is 3.68. The largest absolute Gasteiger partial charge is 0.465 e. The Labute approximate surface area is 158 Å². The number of anilines is 3. The molecular formula is C21H22N4O2. The average Bonchev–Trinajstić information content (AvgIpc) is 2.66. The lowest BCUT2D eigenvalue weighted by Gasteiger charge is -2.12. The molecule has 0 bridgehead atoms. The summed E-state index contributed by atoms with van der Waals surface area (Å²) < 4.78 is 4.76. The van der Waals surface area contributed by atoms with Crippen LogP contribution in [0, 0.1) is 13.8 Å². The van der Waals surface area contributed by atoms with Gasteiger partial charge in [-0.3, -0.25) is 0 Å². The van der Waals surface area contributed by atoms with Gasteiger partial charge in [0.2, 0.25) is 0 Å². The zero-order chi connectivity index (χ0) is 19.2. The van der Waals surface area contributed by atoms with E-state index in [1.165, 1.54) is 18.2 Å². The fourth-order valence-corrected chi connectivity index (χ4v) is 2.71. The lowest BCUT2D eigenvalue weighted by atomic mass is 10.1. The van der Waals surface area contributed by atoms with Crippen LogP contribution in [0.15, 0.2) is 54.6 Å². The summed E-state index contributed by atoms with van der Waals surface area (Å²) in [6, 6.07) is 17.2. The van der Waals surface area contributed by atoms with Crippen molar-refractivity contribution in [1.82, 2.24) is 9.97 Å². The molecule has 0 aliphatic rings. The maximum absolute atomic E-state index is 11.7. The van der Waals surface area contributed by atoms with Crippen LogP contribution in [-0.4, -0.2) is 23.0 Å². The summed E-state index contributed by atoms with van der Waals surface area (Å²) in [5.74, 6) is 1.66. The van der Waals surface area contributed by atoms with E-state index in [1.807, 2.05) is 31.2 Å². The van der Waals surface area contributed by atoms with Crippen LogP contribution in [0.4, 0.5) is 17.3 Å². The molecule has 2 aromatic carbocycles. The molecular weight excluding hydrogens is 340 g/mol. The van der Waals surface area contributed by atoms with Crippen molar-refractivity contribution in [2.24, 2.45) is 0 Å². The van der Waals surface area contributed by atoms with Crippen molar-refractivity contribution < 1.29 is 9.53 Å². The van der Waals surface area contributed by atoms with E-state index in [9.17, 15) is 4.79 Å². The predicted octanol–water partition coefficient (Wildman–Crippen LogP) is 4.24. The Kier molecular flexibility index (Phi) is 5.66. The van der Waals surface area contributed by atoms with Crippen molar-refractivity contribution in [3.63, 3.8) is 0 Å². The molecule has 0 fully saturated rings. The van der Waals surface area contributed by atoms with E-state index < -0.39 is 0 Å². The molecule has 6 heteroatoms. The SMILES string of the molecule is COC(=O)c1cccc(Nc2cc(NCc3ccccc3C)nc(C)n2)c1. The smallest absolute Gasteiger partial charge is 0.337 e. The van der Waals surface area contributed by atoms with E-state index in [-0.39, 0.29) is 5.97 Å². The molecule has 1 aromatic heterocycles. The molecule has 0 aliphatic carbocycles. The molecule has 1 heterocycles. The second kappa shape index (κ2) is 8.31. The molecule has 3 rings (SSSR count). The summed E-state index contributed by atoms with van der Waals surface area (Å²) in [4.78, 5) is 20.5. The number of hydrogen-bond acceptors (Lipinski definition) is 6. The lowest BCUT2D eigenvalue weighted by Crippen LogP contribution is -2.06. The number of hydrogen-bond donors (Lipinski definition) is 2. The number of nitrogens with zero attached hydrogens (tertiary/aromatic N) is 2. The number of esters is 1. The number of aryl methyl sites for hydroxylation is 2. The van der Waals surface area contributed by atoms with Gasteiger partial charge < -0.3 is 15.4 Å². The number of aromatic nitrogens is 2. The van der Waals surface area contributed by atoms with Gasteiger partial charge in [-0.2, -0.15) is 0 Å². The van der Waals surface area contributed by atoms with Gasteiger partial charge in [0.15, 0.2) is 0 Å². The third-order valence-corrected chi connectivity index (χ3v) is 4.12. The first kappa shape index (κ1) is 18.4. The lowest BCUT2D eigenvalue weighted by molar-refractivity contribution is 0.0601. The van der Waals surface area contributed by atoms with Crippen molar-refractivity contribution in [2.75, 3.05) is 17.7 Å². The Hall–Kier alpha value is -3.41. The van der Waals surface area contributed by atoms with Crippen LogP contribution in [0.25, 0.3) is 0 Å². The fraction of sp³-hybridized carbons (Fsp3) is 0.190. The van der Waals surface area contributed by atoms with Crippen molar-refractivity contribution >= 4 is 23.3 Å². The van der Waals surface area contributed by atoms with Crippen LogP contribution >= 0.6 is 0 Å². The molecule has 0 saturated carbocycles. The third kappa shape index (κ3) is 4.82. The summed E-state index contributed by atoms with van der Waals surface area (Å²) in [5, 5.41) is 6.56. The molecule has 3 aromatic rings. The van der Waals surface area contributed by atoms with E-state index in [1.54, 1.807) is 18.2 Å². The van der Waals surface area contributed by atoms with E-state index in [0.29, 0.717) is 23.8 Å². The van der Waals surface area contributed by atoms with Crippen LogP contribution in [-0.2, 0) is 11.3 Å². The Morgan fingerprint density at radius 1 is 1.00 bits per heavy atom. The van der Waals surface area contributed by atoms with Gasteiger partial charge >= 0.3 is 5.97 Å². The van der Waals surface area contributed by atoms with E-state index in [0.717, 1.165) is 11.5 Å². The van der Waals surface area contributed by atoms with Crippen molar-refractivity contribution in [3.8, 4) is 0 Å². The van der Waals surface area contributed by atoms with Gasteiger partial charge in [0.05, 0.1) is 12.7 Å². The quantitative estimate of drug-likeness (QED) is 0.639. The molecule has 0 saturated heterocycles. The van der Waals surface area contributed by atoms with Crippen molar-refractivity contribution in [2.45, 2.75) is 20.4 Å². The normalized spacial score (nSPS) is 10.3. The second-order valence-corrected chi connectivity index (χ2v) is 6.16. The van der Waals surface area contributed by atoms with Gasteiger partial charge in [-0.1, -0.05) is 30.3 Å². The molecule has 0 atom stereocenters. The number of nitrogens with one attached hydrogen (secondary N) is 2. The minimum Gasteiger partial charge on any atom is -0.465 e. The van der Waals surface area contributed by atoms with Crippen LogP contribution in [0.1, 0.15) is 27.3 Å². The van der Waals surface area contributed by atoms with Crippen LogP contribution in [0.3, 0.4) is 0 Å². The zero-order valence-corrected chi connectivity index (χ0v) is 15.6. The number of rotatable bonds is 6. The zero-order valence-electron chi connectivity index (χ0n) is 15.6. The number of methoxy groups -OCH3 is 1. The molecule has 0 aliphatic heterocycles. The molecule has 27 heavy (non-hydrogen) atoms. The molecule has 0 spiro atoms. The summed E-state index contributed by atoms with van der Waals surface area (Å²) in [6.45, 7) is 4.61. The van der Waals surface area contributed by atoms with Crippen LogP contribution < -0.4 is 10.6 Å². The number of carbonyl (C=O) groups is 1. The molecule has 138 valence electrons. The standard InChI is InChI=1S/C21H22N4O2/c1-14-7-4-5-8-17(14)13-22-19-12-20(24-15(2)23-19)25-18-10-6-9-16(11-18)21(26)27-3/h4-12H,13H2,1-3H3,(H2,22,23,24,25). The molecule has 6 nitrogen and oxygen atoms in total. The summed E-state index contributed by atoms with van der Waals surface area (Å²) >= 11 is 0. The highest BCUT2D eigenvalue weighted by atomic mass is 16.5. The molecule has 0 unspecified atom stereocenters. The maximum Gasteiger partial charge on any atom is 0.337 e. The monoisotopic (exact) mass is 362 g/mol. The van der Waals surface area contributed by atoms with Crippen LogP contribution in [0.2, 0.25) is 0 Å². The highest BCUT2D eigenvalue weighted by Crippen LogP contribution is 2.19. The Morgan fingerprint density at radius 3 is 2.56 bits per heavy atom. The minimum atomic E-state index is -0.377. The fourth-order valence-electron chi connectivity index (χ4n) is 2.71. The van der Waals surface area contributed by atoms with Crippen molar-refractivity contribution in [1.29, 1.82) is 0 Å². The van der Waals surface area contributed by atoms with Gasteiger partial charge in [0, 0.05) is 18.3 Å². The first-order valence-corrected chi connectivity index (χ1v) is 8.64. The van der Waals surface area contributed by atoms with Crippen LogP contribution in [0.5, 0.6) is 0 Å². The summed E-state index contributed by atoms with van der Waals surface area (Å²) in [6.07, 6.45) is 0. The van der Waals surface area contributed by atoms with E-state index in [4.69, 9.17) is 4.74 Å². The van der Waals surface area contributed by atoms with Gasteiger partial charge in [-0.05, 0) is 43.2 Å². The van der Waals surface area contributed by atoms with Gasteiger partial charge in [-0.25, -0.2) is 14.8 Å². The molecule has 0 amide bonds. The Morgan fingerprint density at radius 2 is 1.78 bits per heavy atom. The first-order chi connectivity index (χ1) is 13.0. The highest BCUT2D eigenvalue weighted by Gasteiger charge is 2.07. The minimum absolute atomic E-state index is 0.377. The number of benzene rings is 2. The highest BCUT2D eigenvalue weighted by molar-refractivity contribution is 5.90. The Bertz CT molecular complexity index is 956. The topological polar surface area (TPSA) is 76.1 Å². The Balaban J connectivity index is 1.75. The van der Waals surface area contributed by atoms with Gasteiger partial charge in [0.1, 0.15) is 17.5 Å². The molecule has 0 radical (unpaired) electrons. The first-order valence-electron chi connectivity index (χ1n) is 8.64. The van der Waals surface area contributed by atoms with Gasteiger partial charge in [-0.15, -0.1) is 0 Å². The van der Waals surface area contributed by atoms with E-state index in [2.05, 4.69) is 39.7 Å². The van der Waals surface area contributed by atoms with Crippen molar-refractivity contribution in [3.05, 3.63) is 77.1 Å².